The molecule has 4 heterocycles. The molecule has 19 rings (SSSR count). The SMILES string of the molecule is [2H]c1c(C)[n+](C)c(-c2cc3c(cc2C)C2CCC3C2)c2ccc(CC(C)C)cc12.[2H]c1c(C)[n+](C)c(-c2cc3c(cc2C)C2CCC3CC2)c2ccc(CC(C)C)cc12.[2H]c1c(C)[n+](C)c(-c2cc3c(cc2C)CCC3)c2ccc(CC(C)C)cc12.[2H]c1c(C)[n+](C)c2c3c(cc(CC(C)C)cc13)C(C)(C)c1cccc(C)c1-2. The summed E-state index contributed by atoms with van der Waals surface area (Å²) in [5.41, 5.74) is 37.5. The molecule has 0 spiro atoms. The van der Waals surface area contributed by atoms with E-state index in [-0.39, 0.29) is 5.41 Å². The Bertz CT molecular complexity index is 5860. The highest BCUT2D eigenvalue weighted by molar-refractivity contribution is 6.02. The Hall–Kier alpha value is -8.60. The first-order valence-corrected chi connectivity index (χ1v) is 41.9. The van der Waals surface area contributed by atoms with E-state index in [2.05, 4.69) is 292 Å². The van der Waals surface area contributed by atoms with E-state index in [0.717, 1.165) is 93.7 Å². The van der Waals surface area contributed by atoms with Crippen molar-refractivity contribution in [1.29, 1.82) is 0 Å². The van der Waals surface area contributed by atoms with Crippen molar-refractivity contribution in [3.8, 4) is 45.0 Å². The van der Waals surface area contributed by atoms with Crippen LogP contribution in [0.1, 0.15) is 262 Å². The van der Waals surface area contributed by atoms with Gasteiger partial charge in [0.05, 0.1) is 49.3 Å². The first-order valence-electron chi connectivity index (χ1n) is 43.9. The third-order valence-electron chi connectivity index (χ3n) is 26.5. The van der Waals surface area contributed by atoms with Crippen molar-refractivity contribution in [1.82, 2.24) is 0 Å². The van der Waals surface area contributed by atoms with Crippen LogP contribution in [0.2, 0.25) is 0 Å². The lowest BCUT2D eigenvalue weighted by molar-refractivity contribution is -0.665. The minimum absolute atomic E-state index is 0.0751. The fraction of sp³-hybridized carbons (Fsp3) is 0.429. The lowest BCUT2D eigenvalue weighted by Gasteiger charge is -2.38. The Morgan fingerprint density at radius 1 is 0.367 bits per heavy atom. The van der Waals surface area contributed by atoms with Crippen molar-refractivity contribution in [3.63, 3.8) is 0 Å². The van der Waals surface area contributed by atoms with E-state index in [0.29, 0.717) is 47.8 Å². The fourth-order valence-corrected chi connectivity index (χ4v) is 20.7. The predicted octanol–water partition coefficient (Wildman–Crippen LogP) is 24.8. The molecule has 0 N–H and O–H groups in total. The lowest BCUT2D eigenvalue weighted by atomic mass is 9.66. The normalized spacial score (nSPS) is 18.0. The number of nitrogens with zero attached hydrogens (tertiary/aromatic N) is 4. The highest BCUT2D eigenvalue weighted by atomic mass is 15.0. The van der Waals surface area contributed by atoms with E-state index < -0.39 is 0 Å². The summed E-state index contributed by atoms with van der Waals surface area (Å²) in [6.07, 6.45) is 17.5. The standard InChI is InChI=1S/C28H34N.C27H32N.2C25H30N/c1-17(2)12-20-6-11-24-23(15-20)14-19(4)29(5)28(24)25-16-27-22-9-7-21(8-10-22)26(27)13-18(25)3;1-16(2)10-19-6-9-23-22(13-19)12-18(4)28(5)27(23)24-15-26-21-8-7-20(14-21)25(26)11-17(24)3;1-15(2)11-18-13-19-12-17(4)26(7)24-22-16(3)9-8-10-20(22)25(5,6)21(14-18)23(19)24;1-16(2)11-19-9-10-23-22(14-19)13-18(4)26(5)25(23)24-15-21-8-6-7-20(21)12-17(24)3/h6,11,13-17,21-22H,7-10,12H2,1-5H3;6,9,11-13,15-16,20-21H,7-8,10,14H2,1-5H3;8-10,12-15H,11H2,1-7H3;9-10,12-16H,6-8,11H2,1-5H3/q4*+1/i14D;2*12D;13D. The third-order valence-corrected chi connectivity index (χ3v) is 26.5. The van der Waals surface area contributed by atoms with Crippen molar-refractivity contribution in [2.24, 2.45) is 51.9 Å². The molecule has 4 nitrogen and oxygen atoms in total. The zero-order valence-electron chi connectivity index (χ0n) is 74.4. The zero-order chi connectivity index (χ0) is 80.6. The van der Waals surface area contributed by atoms with Crippen molar-refractivity contribution in [2.75, 3.05) is 0 Å². The number of aromatic nitrogens is 4. The second kappa shape index (κ2) is 29.9. The van der Waals surface area contributed by atoms with Crippen LogP contribution in [0.5, 0.6) is 0 Å². The van der Waals surface area contributed by atoms with E-state index in [1.807, 2.05) is 0 Å². The molecular weight excluding hydrogens is 1320 g/mol. The number of aryl methyl sites for hydroxylation is 6. The maximum atomic E-state index is 8.85. The van der Waals surface area contributed by atoms with Gasteiger partial charge >= 0.3 is 0 Å². The minimum atomic E-state index is -0.0751. The molecule has 562 valence electrons. The topological polar surface area (TPSA) is 15.5 Å². The summed E-state index contributed by atoms with van der Waals surface area (Å²) in [6.45, 7) is 40.1. The van der Waals surface area contributed by atoms with Gasteiger partial charge in [0.1, 0.15) is 28.2 Å². The molecule has 0 radical (unpaired) electrons. The summed E-state index contributed by atoms with van der Waals surface area (Å²) in [7, 11) is 8.48. The van der Waals surface area contributed by atoms with Crippen molar-refractivity contribution < 1.29 is 23.8 Å². The average molecular weight is 1450 g/mol. The molecule has 109 heavy (non-hydrogen) atoms. The van der Waals surface area contributed by atoms with Crippen LogP contribution >= 0.6 is 0 Å². The molecule has 2 fully saturated rings. The second-order valence-corrected chi connectivity index (χ2v) is 36.8. The van der Waals surface area contributed by atoms with Gasteiger partial charge in [0, 0.05) is 57.3 Å². The van der Waals surface area contributed by atoms with Gasteiger partial charge in [-0.25, -0.2) is 0 Å². The number of pyridine rings is 4. The number of hydrogen-bond donors (Lipinski definition) is 0. The van der Waals surface area contributed by atoms with E-state index in [4.69, 9.17) is 5.48 Å². The predicted molar refractivity (Wildman–Crippen MR) is 462 cm³/mol. The quantitative estimate of drug-likeness (QED) is 0.115. The van der Waals surface area contributed by atoms with E-state index in [9.17, 15) is 0 Å². The molecule has 0 saturated heterocycles. The molecule has 0 amide bonds. The zero-order valence-corrected chi connectivity index (χ0v) is 70.4. The molecule has 4 bridgehead atoms. The number of rotatable bonds is 11. The summed E-state index contributed by atoms with van der Waals surface area (Å²) >= 11 is 0. The summed E-state index contributed by atoms with van der Waals surface area (Å²) in [5, 5.41) is 9.27. The lowest BCUT2D eigenvalue weighted by Crippen LogP contribution is -2.38. The van der Waals surface area contributed by atoms with Crippen molar-refractivity contribution >= 4 is 43.1 Å². The molecule has 8 aromatic carbocycles. The Balaban J connectivity index is 0.000000119. The molecule has 2 saturated carbocycles. The van der Waals surface area contributed by atoms with Crippen molar-refractivity contribution in [3.05, 3.63) is 257 Å². The van der Waals surface area contributed by atoms with Gasteiger partial charge in [-0.2, -0.15) is 18.3 Å². The Morgan fingerprint density at radius 2 is 0.725 bits per heavy atom. The highest BCUT2D eigenvalue weighted by Gasteiger charge is 2.41. The molecule has 4 heteroatoms. The third kappa shape index (κ3) is 14.2. The minimum Gasteiger partial charge on any atom is -0.198 e. The Morgan fingerprint density at radius 3 is 1.17 bits per heavy atom. The average Bonchev–Trinajstić information content (AvgIpc) is 1.57. The molecular formula is C105H126N4+4. The van der Waals surface area contributed by atoms with E-state index >= 15 is 0 Å². The molecule has 7 aliphatic carbocycles. The first-order chi connectivity index (χ1) is 53.7. The molecule has 2 unspecified atom stereocenters. The molecule has 12 aromatic rings. The molecule has 0 aliphatic heterocycles. The number of hydrogen-bond acceptors (Lipinski definition) is 0. The van der Waals surface area contributed by atoms with Crippen LogP contribution in [0.4, 0.5) is 0 Å². The number of benzene rings is 8. The first kappa shape index (κ1) is 70.8. The maximum Gasteiger partial charge on any atom is 0.221 e. The van der Waals surface area contributed by atoms with E-state index in [1.54, 1.807) is 22.3 Å². The second-order valence-electron chi connectivity index (χ2n) is 36.8. The van der Waals surface area contributed by atoms with Crippen LogP contribution < -0.4 is 18.3 Å². The van der Waals surface area contributed by atoms with Gasteiger partial charge in [-0.05, 0) is 312 Å². The molecule has 2 atom stereocenters. The van der Waals surface area contributed by atoms with Gasteiger partial charge in [0.15, 0.2) is 22.8 Å². The van der Waals surface area contributed by atoms with Crippen LogP contribution in [-0.4, -0.2) is 0 Å². The monoisotopic (exact) mass is 1450 g/mol. The van der Waals surface area contributed by atoms with Gasteiger partial charge < -0.3 is 0 Å². The summed E-state index contributed by atoms with van der Waals surface area (Å²) < 4.78 is 44.1. The van der Waals surface area contributed by atoms with Gasteiger partial charge in [-0.15, -0.1) is 0 Å². The Labute approximate surface area is 660 Å². The van der Waals surface area contributed by atoms with Gasteiger partial charge in [0.2, 0.25) is 22.8 Å². The Kier molecular flexibility index (Phi) is 19.4. The summed E-state index contributed by atoms with van der Waals surface area (Å²) in [4.78, 5) is 0. The van der Waals surface area contributed by atoms with Gasteiger partial charge in [0.25, 0.3) is 0 Å². The smallest absolute Gasteiger partial charge is 0.198 e. The fourth-order valence-electron chi connectivity index (χ4n) is 20.7. The maximum absolute atomic E-state index is 8.85. The van der Waals surface area contributed by atoms with Gasteiger partial charge in [-0.1, -0.05) is 154 Å². The summed E-state index contributed by atoms with van der Waals surface area (Å²) in [6, 6.07) is 49.1. The highest BCUT2D eigenvalue weighted by Crippen LogP contribution is 2.55. The largest absolute Gasteiger partial charge is 0.221 e. The van der Waals surface area contributed by atoms with Crippen LogP contribution in [0.15, 0.2) is 145 Å². The van der Waals surface area contributed by atoms with E-state index in [1.165, 1.54) is 198 Å². The molecule has 7 aliphatic rings. The summed E-state index contributed by atoms with van der Waals surface area (Å²) in [5.74, 6) is 5.55. The molecule has 4 aromatic heterocycles. The van der Waals surface area contributed by atoms with Gasteiger partial charge in [-0.3, -0.25) is 0 Å². The van der Waals surface area contributed by atoms with Crippen LogP contribution in [0.25, 0.3) is 88.1 Å². The van der Waals surface area contributed by atoms with Crippen molar-refractivity contribution in [2.45, 2.75) is 244 Å². The van der Waals surface area contributed by atoms with Crippen LogP contribution in [-0.2, 0) is 72.1 Å². The van der Waals surface area contributed by atoms with Crippen LogP contribution in [0, 0.1) is 79.1 Å². The number of fused-ring (bicyclic) bond motifs is 13. The van der Waals surface area contributed by atoms with Crippen LogP contribution in [0.3, 0.4) is 0 Å².